The lowest BCUT2D eigenvalue weighted by Gasteiger charge is -2.37. The van der Waals surface area contributed by atoms with Crippen molar-refractivity contribution in [2.45, 2.75) is 12.5 Å². The van der Waals surface area contributed by atoms with Gasteiger partial charge in [0, 0.05) is 17.5 Å². The molecule has 3 aromatic rings. The summed E-state index contributed by atoms with van der Waals surface area (Å²) in [6.07, 6.45) is 4.00. The smallest absolute Gasteiger partial charge is 0.247 e. The van der Waals surface area contributed by atoms with Crippen molar-refractivity contribution in [2.75, 3.05) is 20.8 Å². The van der Waals surface area contributed by atoms with Crippen molar-refractivity contribution in [3.05, 3.63) is 87.4 Å². The van der Waals surface area contributed by atoms with Crippen LogP contribution in [0.4, 0.5) is 4.39 Å². The molecule has 1 aromatic heterocycles. The van der Waals surface area contributed by atoms with Gasteiger partial charge < -0.3 is 14.4 Å². The quantitative estimate of drug-likeness (QED) is 0.537. The maximum Gasteiger partial charge on any atom is 0.247 e. The van der Waals surface area contributed by atoms with Gasteiger partial charge in [-0.2, -0.15) is 0 Å². The van der Waals surface area contributed by atoms with Crippen molar-refractivity contribution in [1.29, 1.82) is 0 Å². The highest BCUT2D eigenvalue weighted by molar-refractivity contribution is 7.10. The summed E-state index contributed by atoms with van der Waals surface area (Å²) in [5, 5.41) is 2.02. The lowest BCUT2D eigenvalue weighted by atomic mass is 9.90. The molecule has 1 unspecified atom stereocenters. The van der Waals surface area contributed by atoms with Crippen molar-refractivity contribution in [1.82, 2.24) is 4.90 Å². The van der Waals surface area contributed by atoms with Crippen LogP contribution in [0.2, 0.25) is 0 Å². The van der Waals surface area contributed by atoms with E-state index in [1.807, 2.05) is 34.5 Å². The largest absolute Gasteiger partial charge is 0.493 e. The minimum atomic E-state index is -0.298. The van der Waals surface area contributed by atoms with Gasteiger partial charge in [-0.25, -0.2) is 4.39 Å². The summed E-state index contributed by atoms with van der Waals surface area (Å²) < 4.78 is 24.1. The zero-order valence-electron chi connectivity index (χ0n) is 16.8. The Bertz CT molecular complexity index is 1060. The van der Waals surface area contributed by atoms with E-state index in [0.29, 0.717) is 18.0 Å². The van der Waals surface area contributed by atoms with E-state index in [2.05, 4.69) is 0 Å². The summed E-state index contributed by atoms with van der Waals surface area (Å²) in [6.45, 7) is 0.595. The Morgan fingerprint density at radius 2 is 1.87 bits per heavy atom. The zero-order valence-corrected chi connectivity index (χ0v) is 17.6. The number of benzene rings is 2. The van der Waals surface area contributed by atoms with E-state index in [1.54, 1.807) is 49.8 Å². The van der Waals surface area contributed by atoms with E-state index in [0.717, 1.165) is 28.0 Å². The Hall–Kier alpha value is -3.12. The van der Waals surface area contributed by atoms with Gasteiger partial charge in [-0.3, -0.25) is 4.79 Å². The third kappa shape index (κ3) is 3.96. The molecule has 0 radical (unpaired) electrons. The SMILES string of the molecule is COc1cc2c(cc1OC)C(c1cccs1)N(C(=O)C=Cc1ccc(F)cc1)CC2. The van der Waals surface area contributed by atoms with Crippen LogP contribution in [0.1, 0.15) is 27.6 Å². The standard InChI is InChI=1S/C24H22FNO3S/c1-28-20-14-17-11-12-26(23(27)10-7-16-5-8-18(25)9-6-16)24(22-4-3-13-30-22)19(17)15-21(20)29-2/h3-10,13-15,24H,11-12H2,1-2H3. The van der Waals surface area contributed by atoms with E-state index in [-0.39, 0.29) is 17.8 Å². The first kappa shape index (κ1) is 20.2. The number of thiophene rings is 1. The summed E-state index contributed by atoms with van der Waals surface area (Å²) >= 11 is 1.62. The maximum absolute atomic E-state index is 13.1. The molecule has 0 fully saturated rings. The molecule has 0 spiro atoms. The van der Waals surface area contributed by atoms with Gasteiger partial charge in [0.25, 0.3) is 0 Å². The Balaban J connectivity index is 1.70. The minimum absolute atomic E-state index is 0.0850. The van der Waals surface area contributed by atoms with Gasteiger partial charge in [-0.05, 0) is 64.9 Å². The molecule has 1 aliphatic rings. The molecule has 0 aliphatic carbocycles. The van der Waals surface area contributed by atoms with Gasteiger partial charge in [0.15, 0.2) is 11.5 Å². The number of ether oxygens (including phenoxy) is 2. The number of nitrogens with zero attached hydrogens (tertiary/aromatic N) is 1. The Labute approximate surface area is 179 Å². The number of amides is 1. The van der Waals surface area contributed by atoms with E-state index >= 15 is 0 Å². The topological polar surface area (TPSA) is 38.8 Å². The minimum Gasteiger partial charge on any atom is -0.493 e. The summed E-state index contributed by atoms with van der Waals surface area (Å²) in [5.41, 5.74) is 2.98. The van der Waals surface area contributed by atoms with Crippen LogP contribution in [-0.4, -0.2) is 31.6 Å². The number of carbonyl (C=O) groups is 1. The molecule has 2 aromatic carbocycles. The van der Waals surface area contributed by atoms with Crippen molar-refractivity contribution in [2.24, 2.45) is 0 Å². The molecule has 1 aliphatic heterocycles. The lowest BCUT2D eigenvalue weighted by Crippen LogP contribution is -2.39. The fourth-order valence-corrected chi connectivity index (χ4v) is 4.63. The molecule has 6 heteroatoms. The van der Waals surface area contributed by atoms with Crippen LogP contribution in [0.15, 0.2) is 60.0 Å². The predicted molar refractivity (Wildman–Crippen MR) is 117 cm³/mol. The highest BCUT2D eigenvalue weighted by Crippen LogP contribution is 2.42. The van der Waals surface area contributed by atoms with Crippen molar-refractivity contribution < 1.29 is 18.7 Å². The molecule has 4 nitrogen and oxygen atoms in total. The molecular formula is C24H22FNO3S. The number of fused-ring (bicyclic) bond motifs is 1. The monoisotopic (exact) mass is 423 g/mol. The number of methoxy groups -OCH3 is 2. The molecule has 2 heterocycles. The molecule has 1 atom stereocenters. The first-order valence-corrected chi connectivity index (χ1v) is 10.5. The van der Waals surface area contributed by atoms with E-state index < -0.39 is 0 Å². The molecule has 154 valence electrons. The Morgan fingerprint density at radius 1 is 1.13 bits per heavy atom. The number of hydrogen-bond donors (Lipinski definition) is 0. The normalized spacial score (nSPS) is 15.8. The number of carbonyl (C=O) groups excluding carboxylic acids is 1. The fraction of sp³-hybridized carbons (Fsp3) is 0.208. The molecule has 0 saturated heterocycles. The van der Waals surface area contributed by atoms with Gasteiger partial charge >= 0.3 is 0 Å². The second kappa shape index (κ2) is 8.71. The lowest BCUT2D eigenvalue weighted by molar-refractivity contribution is -0.127. The Kier molecular flexibility index (Phi) is 5.86. The summed E-state index contributed by atoms with van der Waals surface area (Å²) in [5.74, 6) is 0.956. The molecular weight excluding hydrogens is 401 g/mol. The van der Waals surface area contributed by atoms with E-state index in [9.17, 15) is 9.18 Å². The molecule has 0 saturated carbocycles. The Morgan fingerprint density at radius 3 is 2.53 bits per heavy atom. The number of halogens is 1. The molecule has 0 N–H and O–H groups in total. The highest BCUT2D eigenvalue weighted by atomic mass is 32.1. The average Bonchev–Trinajstić information content (AvgIpc) is 3.31. The first-order valence-electron chi connectivity index (χ1n) is 9.63. The highest BCUT2D eigenvalue weighted by Gasteiger charge is 2.33. The molecule has 1 amide bonds. The number of hydrogen-bond acceptors (Lipinski definition) is 4. The average molecular weight is 424 g/mol. The van der Waals surface area contributed by atoms with Gasteiger partial charge in [0.05, 0.1) is 20.3 Å². The van der Waals surface area contributed by atoms with Crippen LogP contribution in [0, 0.1) is 5.82 Å². The van der Waals surface area contributed by atoms with Crippen LogP contribution >= 0.6 is 11.3 Å². The van der Waals surface area contributed by atoms with Crippen LogP contribution < -0.4 is 9.47 Å². The van der Waals surface area contributed by atoms with E-state index in [1.165, 1.54) is 12.1 Å². The summed E-state index contributed by atoms with van der Waals surface area (Å²) in [7, 11) is 3.24. The molecule has 0 bridgehead atoms. The first-order chi connectivity index (χ1) is 14.6. The summed E-state index contributed by atoms with van der Waals surface area (Å²) in [4.78, 5) is 16.1. The summed E-state index contributed by atoms with van der Waals surface area (Å²) in [6, 6.07) is 13.9. The van der Waals surface area contributed by atoms with Gasteiger partial charge in [0.1, 0.15) is 5.82 Å². The number of rotatable bonds is 5. The van der Waals surface area contributed by atoms with Crippen LogP contribution in [-0.2, 0) is 11.2 Å². The van der Waals surface area contributed by atoms with Crippen molar-refractivity contribution in [3.8, 4) is 11.5 Å². The van der Waals surface area contributed by atoms with E-state index in [4.69, 9.17) is 9.47 Å². The predicted octanol–water partition coefficient (Wildman–Crippen LogP) is 5.09. The van der Waals surface area contributed by atoms with Crippen molar-refractivity contribution in [3.63, 3.8) is 0 Å². The van der Waals surface area contributed by atoms with Gasteiger partial charge in [0.2, 0.25) is 5.91 Å². The second-order valence-electron chi connectivity index (χ2n) is 6.99. The zero-order chi connectivity index (χ0) is 21.1. The van der Waals surface area contributed by atoms with Crippen LogP contribution in [0.5, 0.6) is 11.5 Å². The molecule has 4 rings (SSSR count). The van der Waals surface area contributed by atoms with Crippen LogP contribution in [0.3, 0.4) is 0 Å². The maximum atomic E-state index is 13.1. The van der Waals surface area contributed by atoms with Crippen LogP contribution in [0.25, 0.3) is 6.08 Å². The van der Waals surface area contributed by atoms with Gasteiger partial charge in [-0.1, -0.05) is 18.2 Å². The molecule has 30 heavy (non-hydrogen) atoms. The van der Waals surface area contributed by atoms with Crippen molar-refractivity contribution >= 4 is 23.3 Å². The second-order valence-corrected chi connectivity index (χ2v) is 7.97. The third-order valence-electron chi connectivity index (χ3n) is 5.26. The third-order valence-corrected chi connectivity index (χ3v) is 6.18. The van der Waals surface area contributed by atoms with Gasteiger partial charge in [-0.15, -0.1) is 11.3 Å². The fourth-order valence-electron chi connectivity index (χ4n) is 3.77.